The zero-order chi connectivity index (χ0) is 21.1. The van der Waals surface area contributed by atoms with Crippen LogP contribution in [0.3, 0.4) is 0 Å². The second-order valence-corrected chi connectivity index (χ2v) is 6.79. The summed E-state index contributed by atoms with van der Waals surface area (Å²) in [6, 6.07) is 13.5. The molecule has 0 aliphatic carbocycles. The van der Waals surface area contributed by atoms with Gasteiger partial charge in [-0.3, -0.25) is 9.59 Å². The van der Waals surface area contributed by atoms with E-state index in [9.17, 15) is 9.59 Å². The Balaban J connectivity index is 1.62. The Morgan fingerprint density at radius 3 is 2.77 bits per heavy atom. The summed E-state index contributed by atoms with van der Waals surface area (Å²) >= 11 is 1.07. The topological polar surface area (TPSA) is 108 Å². The van der Waals surface area contributed by atoms with Crippen LogP contribution in [0.4, 0.5) is 5.69 Å². The van der Waals surface area contributed by atoms with Gasteiger partial charge < -0.3 is 14.8 Å². The number of benzene rings is 2. The second kappa shape index (κ2) is 8.29. The summed E-state index contributed by atoms with van der Waals surface area (Å²) < 4.78 is 20.1. The Bertz CT molecular complexity index is 1280. The zero-order valence-corrected chi connectivity index (χ0v) is 17.0. The second-order valence-electron chi connectivity index (χ2n) is 6.27. The van der Waals surface area contributed by atoms with Gasteiger partial charge in [-0.2, -0.15) is 13.8 Å². The Hall–Kier alpha value is -3.79. The van der Waals surface area contributed by atoms with Crippen LogP contribution in [-0.4, -0.2) is 38.7 Å². The average molecular weight is 423 g/mol. The van der Waals surface area contributed by atoms with E-state index in [0.717, 1.165) is 16.4 Å². The van der Waals surface area contributed by atoms with Crippen molar-refractivity contribution in [2.45, 2.75) is 6.54 Å². The highest BCUT2D eigenvalue weighted by molar-refractivity contribution is 7.00. The van der Waals surface area contributed by atoms with E-state index in [1.807, 2.05) is 6.07 Å². The number of amides is 1. The van der Waals surface area contributed by atoms with Crippen molar-refractivity contribution < 1.29 is 14.3 Å². The molecule has 0 spiro atoms. The number of ether oxygens (including phenoxy) is 2. The maximum atomic E-state index is 12.6. The van der Waals surface area contributed by atoms with Gasteiger partial charge >= 0.3 is 0 Å². The van der Waals surface area contributed by atoms with Crippen LogP contribution >= 0.6 is 11.7 Å². The van der Waals surface area contributed by atoms with Crippen LogP contribution in [0.25, 0.3) is 22.3 Å². The summed E-state index contributed by atoms with van der Waals surface area (Å²) in [7, 11) is 3.10. The standard InChI is InChI=1S/C20H17N5O4S/c1-28-12-6-8-17(29-2)13(10-12)14-7-9-19(27)25(22-14)11-18(26)21-15-4-3-5-16-20(15)24-30-23-16/h3-10H,11H2,1-2H3,(H,21,26). The molecule has 4 aromatic rings. The van der Waals surface area contributed by atoms with E-state index >= 15 is 0 Å². The van der Waals surface area contributed by atoms with Crippen LogP contribution in [0.1, 0.15) is 0 Å². The summed E-state index contributed by atoms with van der Waals surface area (Å²) in [4.78, 5) is 24.9. The highest BCUT2D eigenvalue weighted by Gasteiger charge is 2.14. The van der Waals surface area contributed by atoms with E-state index in [2.05, 4.69) is 19.2 Å². The van der Waals surface area contributed by atoms with Gasteiger partial charge in [-0.25, -0.2) is 4.68 Å². The number of carbonyl (C=O) groups is 1. The first-order valence-corrected chi connectivity index (χ1v) is 9.64. The van der Waals surface area contributed by atoms with Crippen LogP contribution in [0, 0.1) is 0 Å². The molecule has 0 fully saturated rings. The number of rotatable bonds is 6. The molecule has 0 saturated heterocycles. The number of anilines is 1. The number of hydrogen-bond donors (Lipinski definition) is 1. The lowest BCUT2D eigenvalue weighted by atomic mass is 10.1. The van der Waals surface area contributed by atoms with Crippen LogP contribution in [0.2, 0.25) is 0 Å². The normalized spacial score (nSPS) is 10.7. The van der Waals surface area contributed by atoms with E-state index in [0.29, 0.717) is 39.5 Å². The van der Waals surface area contributed by atoms with E-state index in [-0.39, 0.29) is 6.54 Å². The average Bonchev–Trinajstić information content (AvgIpc) is 3.25. The molecule has 1 N–H and O–H groups in total. The molecule has 0 saturated carbocycles. The number of nitrogens with zero attached hydrogens (tertiary/aromatic N) is 4. The van der Waals surface area contributed by atoms with Crippen molar-refractivity contribution in [3.8, 4) is 22.8 Å². The highest BCUT2D eigenvalue weighted by atomic mass is 32.1. The first kappa shape index (κ1) is 19.5. The summed E-state index contributed by atoms with van der Waals surface area (Å²) in [5.74, 6) is 0.786. The van der Waals surface area contributed by atoms with Gasteiger partial charge in [-0.05, 0) is 36.4 Å². The number of carbonyl (C=O) groups excluding carboxylic acids is 1. The molecule has 9 nitrogen and oxygen atoms in total. The molecular weight excluding hydrogens is 406 g/mol. The third-order valence-electron chi connectivity index (χ3n) is 4.40. The minimum absolute atomic E-state index is 0.257. The third-order valence-corrected chi connectivity index (χ3v) is 4.95. The minimum Gasteiger partial charge on any atom is -0.497 e. The predicted molar refractivity (Wildman–Crippen MR) is 113 cm³/mol. The Kier molecular flexibility index (Phi) is 5.40. The highest BCUT2D eigenvalue weighted by Crippen LogP contribution is 2.31. The molecule has 1 amide bonds. The Morgan fingerprint density at radius 1 is 1.10 bits per heavy atom. The summed E-state index contributed by atoms with van der Waals surface area (Å²) in [6.45, 7) is -0.257. The van der Waals surface area contributed by atoms with Gasteiger partial charge in [0.15, 0.2) is 0 Å². The van der Waals surface area contributed by atoms with Gasteiger partial charge in [-0.15, -0.1) is 0 Å². The lowest BCUT2D eigenvalue weighted by Gasteiger charge is -2.12. The van der Waals surface area contributed by atoms with Crippen LogP contribution in [0.15, 0.2) is 53.3 Å². The first-order valence-electron chi connectivity index (χ1n) is 8.91. The smallest absolute Gasteiger partial charge is 0.267 e. The molecule has 2 heterocycles. The number of aromatic nitrogens is 4. The van der Waals surface area contributed by atoms with Gasteiger partial charge in [0.1, 0.15) is 29.1 Å². The van der Waals surface area contributed by atoms with Crippen molar-refractivity contribution in [2.24, 2.45) is 0 Å². The molecule has 0 bridgehead atoms. The monoisotopic (exact) mass is 423 g/mol. The summed E-state index contributed by atoms with van der Waals surface area (Å²) in [6.07, 6.45) is 0. The maximum Gasteiger partial charge on any atom is 0.267 e. The fraction of sp³-hybridized carbons (Fsp3) is 0.150. The predicted octanol–water partition coefficient (Wildman–Crippen LogP) is 2.57. The van der Waals surface area contributed by atoms with Crippen molar-refractivity contribution in [1.29, 1.82) is 0 Å². The van der Waals surface area contributed by atoms with Crippen molar-refractivity contribution in [2.75, 3.05) is 19.5 Å². The van der Waals surface area contributed by atoms with Gasteiger partial charge in [0, 0.05) is 11.6 Å². The van der Waals surface area contributed by atoms with Crippen LogP contribution < -0.4 is 20.3 Å². The number of methoxy groups -OCH3 is 2. The largest absolute Gasteiger partial charge is 0.497 e. The molecule has 0 aliphatic heterocycles. The fourth-order valence-electron chi connectivity index (χ4n) is 2.95. The van der Waals surface area contributed by atoms with Crippen molar-refractivity contribution in [3.63, 3.8) is 0 Å². The van der Waals surface area contributed by atoms with Gasteiger partial charge in [-0.1, -0.05) is 6.07 Å². The van der Waals surface area contributed by atoms with E-state index in [1.165, 1.54) is 6.07 Å². The quantitative estimate of drug-likeness (QED) is 0.508. The zero-order valence-electron chi connectivity index (χ0n) is 16.2. The molecule has 0 radical (unpaired) electrons. The molecule has 0 atom stereocenters. The molecule has 0 unspecified atom stereocenters. The SMILES string of the molecule is COc1ccc(OC)c(-c2ccc(=O)n(CC(=O)Nc3cccc4nsnc34)n2)c1. The van der Waals surface area contributed by atoms with Gasteiger partial charge in [0.25, 0.3) is 5.56 Å². The molecule has 10 heteroatoms. The molecular formula is C20H17N5O4S. The molecule has 2 aromatic carbocycles. The third kappa shape index (κ3) is 3.85. The number of hydrogen-bond acceptors (Lipinski definition) is 8. The lowest BCUT2D eigenvalue weighted by molar-refractivity contribution is -0.117. The number of fused-ring (bicyclic) bond motifs is 1. The molecule has 2 aromatic heterocycles. The minimum atomic E-state index is -0.403. The molecule has 30 heavy (non-hydrogen) atoms. The van der Waals surface area contributed by atoms with Crippen molar-refractivity contribution >= 4 is 34.4 Å². The first-order chi connectivity index (χ1) is 14.6. The lowest BCUT2D eigenvalue weighted by Crippen LogP contribution is -2.29. The summed E-state index contributed by atoms with van der Waals surface area (Å²) in [5, 5.41) is 7.11. The molecule has 4 rings (SSSR count). The van der Waals surface area contributed by atoms with Gasteiger partial charge in [0.05, 0.1) is 37.3 Å². The van der Waals surface area contributed by atoms with Gasteiger partial charge in [0.2, 0.25) is 5.91 Å². The van der Waals surface area contributed by atoms with Crippen molar-refractivity contribution in [3.05, 3.63) is 58.9 Å². The maximum absolute atomic E-state index is 12.6. The van der Waals surface area contributed by atoms with E-state index < -0.39 is 11.5 Å². The Morgan fingerprint density at radius 2 is 1.97 bits per heavy atom. The fourth-order valence-corrected chi connectivity index (χ4v) is 3.50. The molecule has 152 valence electrons. The molecule has 0 aliphatic rings. The summed E-state index contributed by atoms with van der Waals surface area (Å²) in [5.41, 5.74) is 2.55. The van der Waals surface area contributed by atoms with Crippen molar-refractivity contribution in [1.82, 2.24) is 18.5 Å². The Labute approximate surface area is 175 Å². The van der Waals surface area contributed by atoms with E-state index in [1.54, 1.807) is 50.6 Å². The number of nitrogens with one attached hydrogen (secondary N) is 1. The van der Waals surface area contributed by atoms with Crippen LogP contribution in [0.5, 0.6) is 11.5 Å². The van der Waals surface area contributed by atoms with Crippen LogP contribution in [-0.2, 0) is 11.3 Å². The van der Waals surface area contributed by atoms with E-state index in [4.69, 9.17) is 9.47 Å².